The fourth-order valence-corrected chi connectivity index (χ4v) is 1.72. The van der Waals surface area contributed by atoms with Gasteiger partial charge < -0.3 is 24.8 Å². The van der Waals surface area contributed by atoms with Crippen LogP contribution in [0.5, 0.6) is 0 Å². The Morgan fingerprint density at radius 3 is 2.64 bits per heavy atom. The summed E-state index contributed by atoms with van der Waals surface area (Å²) in [6, 6.07) is 9.24. The average molecular weight is 310 g/mol. The Morgan fingerprint density at radius 1 is 1.32 bits per heavy atom. The number of hydrogen-bond acceptors (Lipinski definition) is 5. The van der Waals surface area contributed by atoms with Crippen LogP contribution in [-0.2, 0) is 20.9 Å². The summed E-state index contributed by atoms with van der Waals surface area (Å²) in [5.74, 6) is -0.327. The summed E-state index contributed by atoms with van der Waals surface area (Å²) in [6.45, 7) is 0.227. The lowest BCUT2D eigenvalue weighted by molar-refractivity contribution is -0.130. The van der Waals surface area contributed by atoms with E-state index >= 15 is 0 Å². The molecule has 7 nitrogen and oxygen atoms in total. The molecule has 1 aromatic rings. The van der Waals surface area contributed by atoms with Crippen LogP contribution in [0, 0.1) is 0 Å². The molecule has 0 bridgehead atoms. The number of likely N-dealkylation sites (N-methyl/N-ethyl adjacent to an activating group) is 1. The Balaban J connectivity index is 2.23. The Labute approximate surface area is 129 Å². The normalized spacial score (nSPS) is 11.6. The van der Waals surface area contributed by atoms with Crippen LogP contribution in [0.3, 0.4) is 0 Å². The van der Waals surface area contributed by atoms with Gasteiger partial charge in [0.05, 0.1) is 12.7 Å². The molecule has 0 aromatic heterocycles. The second-order valence-electron chi connectivity index (χ2n) is 4.80. The maximum Gasteiger partial charge on any atom is 0.407 e. The van der Waals surface area contributed by atoms with Crippen LogP contribution in [0.15, 0.2) is 30.3 Å². The quantitative estimate of drug-likeness (QED) is 0.725. The van der Waals surface area contributed by atoms with E-state index in [0.717, 1.165) is 5.56 Å². The Morgan fingerprint density at radius 2 is 2.00 bits per heavy atom. The molecular formula is C15H22N2O5. The van der Waals surface area contributed by atoms with Gasteiger partial charge in [-0.3, -0.25) is 4.79 Å². The van der Waals surface area contributed by atoms with Gasteiger partial charge in [0, 0.05) is 20.7 Å². The predicted molar refractivity (Wildman–Crippen MR) is 80.1 cm³/mol. The van der Waals surface area contributed by atoms with Crippen molar-refractivity contribution in [2.75, 3.05) is 33.9 Å². The molecule has 0 aliphatic rings. The fraction of sp³-hybridized carbons (Fsp3) is 0.467. The van der Waals surface area contributed by atoms with Crippen molar-refractivity contribution in [2.45, 2.75) is 12.7 Å². The minimum atomic E-state index is -0.760. The number of nitrogens with one attached hydrogen (secondary N) is 1. The van der Waals surface area contributed by atoms with Gasteiger partial charge in [-0.1, -0.05) is 30.3 Å². The number of rotatable bonds is 8. The molecule has 2 amide bonds. The van der Waals surface area contributed by atoms with Gasteiger partial charge in [0.1, 0.15) is 13.2 Å². The zero-order chi connectivity index (χ0) is 16.4. The summed E-state index contributed by atoms with van der Waals surface area (Å²) in [4.78, 5) is 24.6. The number of hydrogen-bond donors (Lipinski definition) is 2. The van der Waals surface area contributed by atoms with Gasteiger partial charge >= 0.3 is 6.09 Å². The van der Waals surface area contributed by atoms with Crippen molar-refractivity contribution < 1.29 is 24.2 Å². The van der Waals surface area contributed by atoms with Gasteiger partial charge in [-0.25, -0.2) is 4.79 Å². The first kappa shape index (κ1) is 17.9. The first-order valence-corrected chi connectivity index (χ1v) is 6.88. The standard InChI is InChI=1S/C15H22N2O5/c1-17(9-13(18)11-21-2)14(19)8-16-15(20)22-10-12-6-4-3-5-7-12/h3-7,13,18H,8-11H2,1-2H3,(H,16,20). The van der Waals surface area contributed by atoms with Gasteiger partial charge in [-0.05, 0) is 5.56 Å². The highest BCUT2D eigenvalue weighted by Gasteiger charge is 2.14. The predicted octanol–water partition coefficient (Wildman–Crippen LogP) is 0.379. The Kier molecular flexibility index (Phi) is 7.95. The summed E-state index contributed by atoms with van der Waals surface area (Å²) < 4.78 is 9.77. The topological polar surface area (TPSA) is 88.1 Å². The maximum absolute atomic E-state index is 11.8. The molecule has 0 aliphatic heterocycles. The Bertz CT molecular complexity index is 466. The minimum absolute atomic E-state index is 0.132. The number of carbonyl (C=O) groups excluding carboxylic acids is 2. The van der Waals surface area contributed by atoms with Crippen molar-refractivity contribution in [3.8, 4) is 0 Å². The Hall–Kier alpha value is -2.12. The molecule has 0 fully saturated rings. The van der Waals surface area contributed by atoms with Crippen molar-refractivity contribution >= 4 is 12.0 Å². The molecule has 0 saturated heterocycles. The van der Waals surface area contributed by atoms with Gasteiger partial charge in [0.2, 0.25) is 5.91 Å². The van der Waals surface area contributed by atoms with E-state index in [1.807, 2.05) is 30.3 Å². The molecule has 1 unspecified atom stereocenters. The highest BCUT2D eigenvalue weighted by Crippen LogP contribution is 2.00. The first-order valence-electron chi connectivity index (χ1n) is 6.88. The van der Waals surface area contributed by atoms with Crippen LogP contribution in [0.25, 0.3) is 0 Å². The minimum Gasteiger partial charge on any atom is -0.445 e. The molecule has 0 heterocycles. The molecule has 0 aliphatic carbocycles. The molecule has 0 radical (unpaired) electrons. The lowest BCUT2D eigenvalue weighted by Gasteiger charge is -2.20. The number of aliphatic hydroxyl groups excluding tert-OH is 1. The second-order valence-corrected chi connectivity index (χ2v) is 4.80. The number of methoxy groups -OCH3 is 1. The monoisotopic (exact) mass is 310 g/mol. The maximum atomic E-state index is 11.8. The smallest absolute Gasteiger partial charge is 0.407 e. The number of aliphatic hydroxyl groups is 1. The van der Waals surface area contributed by atoms with E-state index in [1.54, 1.807) is 0 Å². The summed E-state index contributed by atoms with van der Waals surface area (Å²) >= 11 is 0. The summed E-state index contributed by atoms with van der Waals surface area (Å²) in [5.41, 5.74) is 0.865. The van der Waals surface area contributed by atoms with Crippen molar-refractivity contribution in [3.05, 3.63) is 35.9 Å². The number of nitrogens with zero attached hydrogens (tertiary/aromatic N) is 1. The molecule has 2 N–H and O–H groups in total. The van der Waals surface area contributed by atoms with Gasteiger partial charge in [0.25, 0.3) is 0 Å². The van der Waals surface area contributed by atoms with E-state index in [2.05, 4.69) is 5.32 Å². The molecule has 1 atom stereocenters. The highest BCUT2D eigenvalue weighted by atomic mass is 16.5. The lowest BCUT2D eigenvalue weighted by Crippen LogP contribution is -2.42. The largest absolute Gasteiger partial charge is 0.445 e. The molecule has 0 spiro atoms. The molecular weight excluding hydrogens is 288 g/mol. The van der Waals surface area contributed by atoms with Crippen LogP contribution in [0.2, 0.25) is 0 Å². The number of alkyl carbamates (subject to hydrolysis) is 1. The van der Waals surface area contributed by atoms with Crippen molar-refractivity contribution in [3.63, 3.8) is 0 Å². The van der Waals surface area contributed by atoms with E-state index in [9.17, 15) is 14.7 Å². The lowest BCUT2D eigenvalue weighted by atomic mass is 10.2. The summed E-state index contributed by atoms with van der Waals surface area (Å²) in [5, 5.41) is 11.9. The third kappa shape index (κ3) is 7.05. The van der Waals surface area contributed by atoms with Crippen molar-refractivity contribution in [1.82, 2.24) is 10.2 Å². The van der Waals surface area contributed by atoms with E-state index < -0.39 is 12.2 Å². The number of amides is 2. The molecule has 1 rings (SSSR count). The number of carbonyl (C=O) groups is 2. The number of ether oxygens (including phenoxy) is 2. The average Bonchev–Trinajstić information content (AvgIpc) is 2.51. The molecule has 22 heavy (non-hydrogen) atoms. The van der Waals surface area contributed by atoms with E-state index in [-0.39, 0.29) is 32.2 Å². The summed E-state index contributed by atoms with van der Waals surface area (Å²) in [6.07, 6.45) is -1.42. The third-order valence-corrected chi connectivity index (χ3v) is 2.87. The van der Waals surface area contributed by atoms with E-state index in [1.165, 1.54) is 19.1 Å². The molecule has 7 heteroatoms. The van der Waals surface area contributed by atoms with Crippen molar-refractivity contribution in [2.24, 2.45) is 0 Å². The SMILES string of the molecule is COCC(O)CN(C)C(=O)CNC(=O)OCc1ccccc1. The zero-order valence-electron chi connectivity index (χ0n) is 12.8. The van der Waals surface area contributed by atoms with Gasteiger partial charge in [-0.15, -0.1) is 0 Å². The van der Waals surface area contributed by atoms with Crippen LogP contribution in [-0.4, -0.2) is 62.0 Å². The molecule has 0 saturated carbocycles. The fourth-order valence-electron chi connectivity index (χ4n) is 1.72. The van der Waals surface area contributed by atoms with Gasteiger partial charge in [0.15, 0.2) is 0 Å². The highest BCUT2D eigenvalue weighted by molar-refractivity contribution is 5.82. The van der Waals surface area contributed by atoms with Crippen molar-refractivity contribution in [1.29, 1.82) is 0 Å². The van der Waals surface area contributed by atoms with Crippen LogP contribution < -0.4 is 5.32 Å². The zero-order valence-corrected chi connectivity index (χ0v) is 12.8. The third-order valence-electron chi connectivity index (χ3n) is 2.87. The van der Waals surface area contributed by atoms with E-state index in [4.69, 9.17) is 9.47 Å². The van der Waals surface area contributed by atoms with Crippen LogP contribution >= 0.6 is 0 Å². The molecule has 1 aromatic carbocycles. The van der Waals surface area contributed by atoms with E-state index in [0.29, 0.717) is 0 Å². The first-order chi connectivity index (χ1) is 10.5. The van der Waals surface area contributed by atoms with Crippen LogP contribution in [0.4, 0.5) is 4.79 Å². The number of benzene rings is 1. The molecule has 122 valence electrons. The van der Waals surface area contributed by atoms with Crippen LogP contribution in [0.1, 0.15) is 5.56 Å². The second kappa shape index (κ2) is 9.75. The van der Waals surface area contributed by atoms with Gasteiger partial charge in [-0.2, -0.15) is 0 Å². The summed E-state index contributed by atoms with van der Waals surface area (Å²) in [7, 11) is 3.01.